The van der Waals surface area contributed by atoms with Crippen LogP contribution in [0.25, 0.3) is 0 Å². The van der Waals surface area contributed by atoms with Crippen LogP contribution in [0, 0.1) is 12.8 Å². The number of aryl methyl sites for hydroxylation is 1. The van der Waals surface area contributed by atoms with Gasteiger partial charge in [-0.05, 0) is 20.8 Å². The zero-order chi connectivity index (χ0) is 12.3. The smallest absolute Gasteiger partial charge is 0.308 e. The van der Waals surface area contributed by atoms with E-state index in [2.05, 4.69) is 10.3 Å². The van der Waals surface area contributed by atoms with Gasteiger partial charge in [0.2, 0.25) is 0 Å². The molecule has 0 aliphatic carbocycles. The predicted octanol–water partition coefficient (Wildman–Crippen LogP) is 1.29. The average molecular weight is 242 g/mol. The van der Waals surface area contributed by atoms with Gasteiger partial charge in [0.25, 0.3) is 5.91 Å². The molecule has 0 aromatic carbocycles. The molecule has 1 aromatic rings. The van der Waals surface area contributed by atoms with Crippen molar-refractivity contribution in [2.75, 3.05) is 0 Å². The Labute approximate surface area is 97.5 Å². The predicted molar refractivity (Wildman–Crippen MR) is 60.6 cm³/mol. The summed E-state index contributed by atoms with van der Waals surface area (Å²) in [4.78, 5) is 26.4. The summed E-state index contributed by atoms with van der Waals surface area (Å²) in [6, 6.07) is -0.424. The molecule has 6 heteroatoms. The quantitative estimate of drug-likeness (QED) is 0.833. The Morgan fingerprint density at radius 3 is 2.56 bits per heavy atom. The maximum absolute atomic E-state index is 11.6. The van der Waals surface area contributed by atoms with Gasteiger partial charge in [0.05, 0.1) is 10.9 Å². The molecule has 16 heavy (non-hydrogen) atoms. The lowest BCUT2D eigenvalue weighted by Gasteiger charge is -2.16. The van der Waals surface area contributed by atoms with E-state index in [1.54, 1.807) is 19.2 Å². The van der Waals surface area contributed by atoms with E-state index in [1.165, 1.54) is 11.3 Å². The van der Waals surface area contributed by atoms with Crippen LogP contribution in [0.15, 0.2) is 5.38 Å². The van der Waals surface area contributed by atoms with Crippen molar-refractivity contribution < 1.29 is 14.7 Å². The van der Waals surface area contributed by atoms with Crippen molar-refractivity contribution in [1.29, 1.82) is 0 Å². The van der Waals surface area contributed by atoms with Gasteiger partial charge in [0, 0.05) is 11.4 Å². The molecule has 0 aliphatic heterocycles. The minimum absolute atomic E-state index is 0.329. The summed E-state index contributed by atoms with van der Waals surface area (Å²) in [6.45, 7) is 5.03. The molecule has 88 valence electrons. The van der Waals surface area contributed by atoms with Crippen molar-refractivity contribution in [1.82, 2.24) is 10.3 Å². The van der Waals surface area contributed by atoms with Gasteiger partial charge in [-0.2, -0.15) is 0 Å². The summed E-state index contributed by atoms with van der Waals surface area (Å²) in [7, 11) is 0. The molecule has 1 aromatic heterocycles. The summed E-state index contributed by atoms with van der Waals surface area (Å²) in [5.41, 5.74) is 0.340. The van der Waals surface area contributed by atoms with Crippen LogP contribution >= 0.6 is 11.3 Å². The van der Waals surface area contributed by atoms with Crippen molar-refractivity contribution in [3.05, 3.63) is 16.1 Å². The molecular weight excluding hydrogens is 228 g/mol. The first-order valence-corrected chi connectivity index (χ1v) is 5.75. The minimum atomic E-state index is -0.928. The van der Waals surface area contributed by atoms with E-state index in [-0.39, 0.29) is 5.91 Å². The third-order valence-electron chi connectivity index (χ3n) is 2.35. The van der Waals surface area contributed by atoms with Crippen LogP contribution in [0.1, 0.15) is 29.3 Å². The van der Waals surface area contributed by atoms with E-state index >= 15 is 0 Å². The summed E-state index contributed by atoms with van der Waals surface area (Å²) < 4.78 is 0. The highest BCUT2D eigenvalue weighted by atomic mass is 32.1. The number of amides is 1. The number of hydrogen-bond acceptors (Lipinski definition) is 4. The van der Waals surface area contributed by atoms with Gasteiger partial charge in [-0.25, -0.2) is 4.98 Å². The molecule has 0 aliphatic rings. The Hall–Kier alpha value is -1.43. The first kappa shape index (κ1) is 12.6. The number of aliphatic carboxylic acids is 1. The number of hydrogen-bond donors (Lipinski definition) is 2. The van der Waals surface area contributed by atoms with Crippen LogP contribution in [0.5, 0.6) is 0 Å². The van der Waals surface area contributed by atoms with Gasteiger partial charge in [-0.3, -0.25) is 9.59 Å². The van der Waals surface area contributed by atoms with Gasteiger partial charge >= 0.3 is 5.97 Å². The third kappa shape index (κ3) is 3.03. The Bertz CT molecular complexity index is 403. The van der Waals surface area contributed by atoms with E-state index in [0.29, 0.717) is 5.69 Å². The van der Waals surface area contributed by atoms with Crippen LogP contribution in [0.4, 0.5) is 0 Å². The molecule has 2 atom stereocenters. The number of nitrogens with one attached hydrogen (secondary N) is 1. The Balaban J connectivity index is 2.61. The van der Waals surface area contributed by atoms with Crippen LogP contribution < -0.4 is 5.32 Å². The number of nitrogens with zero attached hydrogens (tertiary/aromatic N) is 1. The maximum atomic E-state index is 11.6. The molecule has 5 nitrogen and oxygen atoms in total. The summed E-state index contributed by atoms with van der Waals surface area (Å²) in [5, 5.41) is 13.9. The topological polar surface area (TPSA) is 79.3 Å². The van der Waals surface area contributed by atoms with Crippen LogP contribution in [0.2, 0.25) is 0 Å². The van der Waals surface area contributed by atoms with Crippen LogP contribution in [-0.4, -0.2) is 28.0 Å². The average Bonchev–Trinajstić information content (AvgIpc) is 2.63. The lowest BCUT2D eigenvalue weighted by molar-refractivity contribution is -0.141. The van der Waals surface area contributed by atoms with Gasteiger partial charge in [-0.1, -0.05) is 0 Å². The lowest BCUT2D eigenvalue weighted by Crippen LogP contribution is -2.40. The molecule has 1 heterocycles. The molecule has 0 bridgehead atoms. The number of aromatic nitrogens is 1. The van der Waals surface area contributed by atoms with Crippen molar-refractivity contribution in [3.63, 3.8) is 0 Å². The zero-order valence-corrected chi connectivity index (χ0v) is 10.2. The molecule has 0 fully saturated rings. The summed E-state index contributed by atoms with van der Waals surface area (Å²) in [5.74, 6) is -1.88. The molecule has 0 saturated carbocycles. The van der Waals surface area contributed by atoms with Crippen molar-refractivity contribution in [2.45, 2.75) is 26.8 Å². The molecule has 0 radical (unpaired) electrons. The summed E-state index contributed by atoms with van der Waals surface area (Å²) in [6.07, 6.45) is 0. The van der Waals surface area contributed by atoms with Crippen molar-refractivity contribution >= 4 is 23.2 Å². The highest BCUT2D eigenvalue weighted by Gasteiger charge is 2.22. The molecule has 1 amide bonds. The normalized spacial score (nSPS) is 14.2. The fourth-order valence-electron chi connectivity index (χ4n) is 1.09. The van der Waals surface area contributed by atoms with Crippen molar-refractivity contribution in [2.24, 2.45) is 5.92 Å². The van der Waals surface area contributed by atoms with E-state index in [9.17, 15) is 9.59 Å². The van der Waals surface area contributed by atoms with E-state index in [1.807, 2.05) is 6.92 Å². The second-order valence-electron chi connectivity index (χ2n) is 3.64. The van der Waals surface area contributed by atoms with Crippen LogP contribution in [-0.2, 0) is 4.79 Å². The van der Waals surface area contributed by atoms with Gasteiger partial charge in [-0.15, -0.1) is 11.3 Å². The number of rotatable bonds is 4. The standard InChI is InChI=1S/C10H14N2O3S/c1-5(10(14)15)6(2)11-9(13)8-4-16-7(3)12-8/h4-6H,1-3H3,(H,11,13)(H,14,15). The molecule has 2 unspecified atom stereocenters. The first-order chi connectivity index (χ1) is 7.41. The number of carboxylic acid groups (broad SMARTS) is 1. The highest BCUT2D eigenvalue weighted by Crippen LogP contribution is 2.09. The SMILES string of the molecule is Cc1nc(C(=O)NC(C)C(C)C(=O)O)cs1. The number of thiazole rings is 1. The van der Waals surface area contributed by atoms with E-state index in [4.69, 9.17) is 5.11 Å². The Morgan fingerprint density at radius 1 is 1.50 bits per heavy atom. The fraction of sp³-hybridized carbons (Fsp3) is 0.500. The number of carbonyl (C=O) groups excluding carboxylic acids is 1. The first-order valence-electron chi connectivity index (χ1n) is 4.87. The second-order valence-corrected chi connectivity index (χ2v) is 4.70. The molecule has 0 saturated heterocycles. The van der Waals surface area contributed by atoms with E-state index < -0.39 is 17.9 Å². The monoisotopic (exact) mass is 242 g/mol. The van der Waals surface area contributed by atoms with Gasteiger partial charge in [0.15, 0.2) is 0 Å². The molecular formula is C10H14N2O3S. The van der Waals surface area contributed by atoms with Crippen LogP contribution in [0.3, 0.4) is 0 Å². The maximum Gasteiger partial charge on any atom is 0.308 e. The van der Waals surface area contributed by atoms with E-state index in [0.717, 1.165) is 5.01 Å². The lowest BCUT2D eigenvalue weighted by atomic mass is 10.0. The Kier molecular flexibility index (Phi) is 4.00. The fourth-order valence-corrected chi connectivity index (χ4v) is 1.68. The third-order valence-corrected chi connectivity index (χ3v) is 3.12. The minimum Gasteiger partial charge on any atom is -0.481 e. The Morgan fingerprint density at radius 2 is 2.12 bits per heavy atom. The molecule has 2 N–H and O–H groups in total. The highest BCUT2D eigenvalue weighted by molar-refractivity contribution is 7.09. The number of carboxylic acids is 1. The molecule has 0 spiro atoms. The van der Waals surface area contributed by atoms with Gasteiger partial charge < -0.3 is 10.4 Å². The number of carbonyl (C=O) groups is 2. The van der Waals surface area contributed by atoms with Gasteiger partial charge in [0.1, 0.15) is 5.69 Å². The van der Waals surface area contributed by atoms with Crippen molar-refractivity contribution in [3.8, 4) is 0 Å². The second kappa shape index (κ2) is 5.07. The summed E-state index contributed by atoms with van der Waals surface area (Å²) >= 11 is 1.39. The largest absolute Gasteiger partial charge is 0.481 e. The molecule has 1 rings (SSSR count). The zero-order valence-electron chi connectivity index (χ0n) is 9.35.